The van der Waals surface area contributed by atoms with Gasteiger partial charge < -0.3 is 15.0 Å². The molecule has 4 nitrogen and oxygen atoms in total. The van der Waals surface area contributed by atoms with Crippen LogP contribution in [0.4, 0.5) is 0 Å². The Balaban J connectivity index is 2.49. The summed E-state index contributed by atoms with van der Waals surface area (Å²) in [6.07, 6.45) is -0.682. The molecule has 0 spiro atoms. The van der Waals surface area contributed by atoms with Crippen molar-refractivity contribution >= 4 is 16.8 Å². The highest BCUT2D eigenvalue weighted by Crippen LogP contribution is 2.23. The van der Waals surface area contributed by atoms with Crippen molar-refractivity contribution in [3.8, 4) is 5.75 Å². The second kappa shape index (κ2) is 4.91. The van der Waals surface area contributed by atoms with Gasteiger partial charge in [-0.25, -0.2) is 0 Å². The van der Waals surface area contributed by atoms with E-state index in [1.807, 2.05) is 0 Å². The van der Waals surface area contributed by atoms with E-state index in [1.165, 1.54) is 14.0 Å². The first kappa shape index (κ1) is 8.17. The van der Waals surface area contributed by atoms with Crippen LogP contribution in [-0.2, 0) is 11.2 Å². The molecule has 1 aromatic heterocycles. The van der Waals surface area contributed by atoms with E-state index in [9.17, 15) is 4.79 Å². The number of hydrogen-bond donors (Lipinski definition) is 2. The third-order valence-electron chi connectivity index (χ3n) is 2.42. The molecule has 0 saturated carbocycles. The minimum absolute atomic E-state index is 0.0899. The molecule has 4 heteroatoms. The smallest absolute Gasteiger partial charge is 0.216 e. The highest BCUT2D eigenvalue weighted by atomic mass is 16.5. The van der Waals surface area contributed by atoms with Gasteiger partial charge in [-0.1, -0.05) is 0 Å². The van der Waals surface area contributed by atoms with Crippen LogP contribution in [0.3, 0.4) is 0 Å². The summed E-state index contributed by atoms with van der Waals surface area (Å²) in [4.78, 5) is 13.7. The molecule has 1 amide bonds. The van der Waals surface area contributed by atoms with Gasteiger partial charge in [0.15, 0.2) is 0 Å². The first-order valence-electron chi connectivity index (χ1n) is 6.85. The summed E-state index contributed by atoms with van der Waals surface area (Å²) >= 11 is 0. The van der Waals surface area contributed by atoms with Crippen LogP contribution in [0, 0.1) is 0 Å². The Morgan fingerprint density at radius 1 is 1.71 bits per heavy atom. The number of rotatable bonds is 4. The minimum atomic E-state index is -0.772. The van der Waals surface area contributed by atoms with Crippen LogP contribution in [-0.4, -0.2) is 24.5 Å². The maximum absolute atomic E-state index is 10.9. The predicted molar refractivity (Wildman–Crippen MR) is 67.2 cm³/mol. The minimum Gasteiger partial charge on any atom is -0.497 e. The van der Waals surface area contributed by atoms with Crippen LogP contribution >= 0.6 is 0 Å². The van der Waals surface area contributed by atoms with Gasteiger partial charge >= 0.3 is 0 Å². The molecule has 0 radical (unpaired) electrons. The first-order valence-corrected chi connectivity index (χ1v) is 5.27. The standard InChI is InChI=1S/C13H16N2O2/c1-9(16)14-6-5-10-8-15-13-4-3-11(17-2)7-12(10)13/h3-4,7-8,15H,5-6H2,1-2H3,(H,14,16)/i4D,5D,8D. The number of ether oxygens (including phenoxy) is 1. The van der Waals surface area contributed by atoms with Crippen LogP contribution in [0.1, 0.15) is 16.6 Å². The Labute approximate surface area is 104 Å². The fourth-order valence-electron chi connectivity index (χ4n) is 1.57. The van der Waals surface area contributed by atoms with E-state index in [1.54, 1.807) is 12.1 Å². The molecular weight excluding hydrogens is 216 g/mol. The molecule has 90 valence electrons. The van der Waals surface area contributed by atoms with Crippen molar-refractivity contribution in [2.24, 2.45) is 0 Å². The van der Waals surface area contributed by atoms with Gasteiger partial charge in [0, 0.05) is 31.9 Å². The summed E-state index contributed by atoms with van der Waals surface area (Å²) < 4.78 is 29.0. The van der Waals surface area contributed by atoms with Crippen molar-refractivity contribution in [1.82, 2.24) is 10.3 Å². The van der Waals surface area contributed by atoms with E-state index in [4.69, 9.17) is 8.85 Å². The van der Waals surface area contributed by atoms with E-state index in [0.29, 0.717) is 22.2 Å². The number of H-pyrrole nitrogens is 1. The Kier molecular flexibility index (Phi) is 2.36. The van der Waals surface area contributed by atoms with Crippen LogP contribution in [0.5, 0.6) is 5.75 Å². The van der Waals surface area contributed by atoms with Crippen LogP contribution < -0.4 is 10.1 Å². The number of carbonyl (C=O) groups excluding carboxylic acids is 1. The largest absolute Gasteiger partial charge is 0.497 e. The van der Waals surface area contributed by atoms with Crippen LogP contribution in [0.15, 0.2) is 24.3 Å². The average molecular weight is 235 g/mol. The van der Waals surface area contributed by atoms with Gasteiger partial charge in [-0.2, -0.15) is 0 Å². The summed E-state index contributed by atoms with van der Waals surface area (Å²) in [5.41, 5.74) is 0.965. The molecule has 17 heavy (non-hydrogen) atoms. The fraction of sp³-hybridized carbons (Fsp3) is 0.308. The SMILES string of the molecule is [2H]c1[nH]c2c([2H])cc(OC)cc2c1C([2H])CNC(C)=O. The maximum atomic E-state index is 10.9. The van der Waals surface area contributed by atoms with Crippen molar-refractivity contribution in [2.45, 2.75) is 13.3 Å². The predicted octanol–water partition coefficient (Wildman–Crippen LogP) is 1.86. The summed E-state index contributed by atoms with van der Waals surface area (Å²) in [6.45, 7) is 1.51. The summed E-state index contributed by atoms with van der Waals surface area (Å²) in [5.74, 6) is 0.293. The zero-order valence-electron chi connectivity index (χ0n) is 12.8. The highest BCUT2D eigenvalue weighted by Gasteiger charge is 2.05. The number of amides is 1. The maximum Gasteiger partial charge on any atom is 0.216 e. The number of aromatic nitrogens is 1. The molecule has 0 fully saturated rings. The number of hydrogen-bond acceptors (Lipinski definition) is 2. The number of benzene rings is 1. The van der Waals surface area contributed by atoms with Gasteiger partial charge in [-0.05, 0) is 30.1 Å². The van der Waals surface area contributed by atoms with Crippen molar-refractivity contribution < 1.29 is 13.6 Å². The molecule has 1 heterocycles. The Morgan fingerprint density at radius 2 is 2.53 bits per heavy atom. The number of fused-ring (bicyclic) bond motifs is 1. The molecule has 2 rings (SSSR count). The van der Waals surface area contributed by atoms with Gasteiger partial charge in [0.1, 0.15) is 5.75 Å². The molecule has 2 N–H and O–H groups in total. The molecule has 0 saturated heterocycles. The molecule has 1 aromatic carbocycles. The lowest BCUT2D eigenvalue weighted by molar-refractivity contribution is -0.118. The molecule has 0 aliphatic rings. The second-order valence-electron chi connectivity index (χ2n) is 3.63. The molecule has 0 bridgehead atoms. The fourth-order valence-corrected chi connectivity index (χ4v) is 1.57. The van der Waals surface area contributed by atoms with Crippen molar-refractivity contribution in [3.63, 3.8) is 0 Å². The van der Waals surface area contributed by atoms with Gasteiger partial charge in [0.2, 0.25) is 5.91 Å². The Bertz CT molecular complexity index is 655. The lowest BCUT2D eigenvalue weighted by Crippen LogP contribution is -2.22. The Morgan fingerprint density at radius 3 is 3.24 bits per heavy atom. The van der Waals surface area contributed by atoms with E-state index in [2.05, 4.69) is 10.3 Å². The van der Waals surface area contributed by atoms with Crippen molar-refractivity contribution in [3.05, 3.63) is 29.9 Å². The van der Waals surface area contributed by atoms with Crippen molar-refractivity contribution in [2.75, 3.05) is 13.7 Å². The quantitative estimate of drug-likeness (QED) is 0.849. The monoisotopic (exact) mass is 235 g/mol. The molecule has 1 atom stereocenters. The zero-order chi connectivity index (χ0) is 14.9. The lowest BCUT2D eigenvalue weighted by Gasteiger charge is -2.03. The van der Waals surface area contributed by atoms with Crippen molar-refractivity contribution in [1.29, 1.82) is 0 Å². The molecule has 0 aliphatic heterocycles. The van der Waals surface area contributed by atoms with Gasteiger partial charge in [-0.15, -0.1) is 0 Å². The normalized spacial score (nSPS) is 14.8. The van der Waals surface area contributed by atoms with E-state index < -0.39 is 6.40 Å². The van der Waals surface area contributed by atoms with E-state index in [-0.39, 0.29) is 24.7 Å². The topological polar surface area (TPSA) is 54.1 Å². The zero-order valence-corrected chi connectivity index (χ0v) is 9.76. The van der Waals surface area contributed by atoms with Gasteiger partial charge in [-0.3, -0.25) is 4.79 Å². The number of carbonyl (C=O) groups is 1. The number of aromatic amines is 1. The summed E-state index contributed by atoms with van der Waals surface area (Å²) in [7, 11) is 1.50. The first-order chi connectivity index (χ1) is 9.43. The summed E-state index contributed by atoms with van der Waals surface area (Å²) in [5, 5.41) is 3.18. The molecular formula is C13H16N2O2. The van der Waals surface area contributed by atoms with Gasteiger partial charge in [0.05, 0.1) is 9.85 Å². The van der Waals surface area contributed by atoms with Crippen LogP contribution in [0.25, 0.3) is 10.9 Å². The Hall–Kier alpha value is -1.97. The van der Waals surface area contributed by atoms with E-state index >= 15 is 0 Å². The molecule has 0 aliphatic carbocycles. The average Bonchev–Trinajstić information content (AvgIpc) is 2.72. The van der Waals surface area contributed by atoms with Gasteiger partial charge in [0.25, 0.3) is 0 Å². The lowest BCUT2D eigenvalue weighted by atomic mass is 10.1. The third-order valence-corrected chi connectivity index (χ3v) is 2.42. The number of nitrogens with one attached hydrogen (secondary N) is 2. The summed E-state index contributed by atoms with van der Waals surface area (Å²) in [6, 6.07) is 3.47. The highest BCUT2D eigenvalue weighted by molar-refractivity contribution is 5.84. The molecule has 1 unspecified atom stereocenters. The number of methoxy groups -OCH3 is 1. The second-order valence-corrected chi connectivity index (χ2v) is 3.63. The third kappa shape index (κ3) is 2.58. The molecule has 2 aromatic rings. The van der Waals surface area contributed by atoms with Crippen LogP contribution in [0.2, 0.25) is 0 Å². The van der Waals surface area contributed by atoms with E-state index in [0.717, 1.165) is 0 Å².